The molecule has 12 heavy (non-hydrogen) atoms. The van der Waals surface area contributed by atoms with E-state index in [2.05, 4.69) is 0 Å². The Morgan fingerprint density at radius 2 is 2.17 bits per heavy atom. The molecule has 0 aromatic rings. The van der Waals surface area contributed by atoms with E-state index in [4.69, 9.17) is 15.2 Å². The van der Waals surface area contributed by atoms with E-state index in [1.165, 1.54) is 0 Å². The Balaban J connectivity index is 2.11. The zero-order chi connectivity index (χ0) is 8.81. The Bertz CT molecular complexity index is 113. The molecule has 2 N–H and O–H groups in total. The molecule has 1 rings (SSSR count). The van der Waals surface area contributed by atoms with Gasteiger partial charge in [-0.2, -0.15) is 0 Å². The number of hydrogen-bond acceptors (Lipinski definition) is 3. The van der Waals surface area contributed by atoms with Gasteiger partial charge in [0, 0.05) is 26.4 Å². The van der Waals surface area contributed by atoms with Gasteiger partial charge in [0.15, 0.2) is 0 Å². The van der Waals surface area contributed by atoms with E-state index in [-0.39, 0.29) is 6.04 Å². The van der Waals surface area contributed by atoms with E-state index in [0.717, 1.165) is 38.4 Å². The van der Waals surface area contributed by atoms with Crippen LogP contribution in [0.1, 0.15) is 19.3 Å². The molecule has 3 nitrogen and oxygen atoms in total. The molecular formula is C9H19NO2. The molecule has 0 spiro atoms. The Labute approximate surface area is 74.2 Å². The van der Waals surface area contributed by atoms with Crippen molar-refractivity contribution in [1.82, 2.24) is 0 Å². The summed E-state index contributed by atoms with van der Waals surface area (Å²) in [4.78, 5) is 0. The topological polar surface area (TPSA) is 44.5 Å². The standard InChI is InChI=1S/C9H19NO2/c1-11-7-9(10)6-8-2-4-12-5-3-8/h8-9H,2-7,10H2,1H3. The van der Waals surface area contributed by atoms with Crippen LogP contribution in [0.5, 0.6) is 0 Å². The molecule has 0 aliphatic carbocycles. The van der Waals surface area contributed by atoms with Crippen LogP contribution in [0.4, 0.5) is 0 Å². The summed E-state index contributed by atoms with van der Waals surface area (Å²) >= 11 is 0. The number of ether oxygens (including phenoxy) is 2. The van der Waals surface area contributed by atoms with Crippen molar-refractivity contribution in [2.75, 3.05) is 26.9 Å². The molecule has 1 aliphatic heterocycles. The van der Waals surface area contributed by atoms with Crippen LogP contribution in [0.15, 0.2) is 0 Å². The Kier molecular flexibility index (Phi) is 4.58. The van der Waals surface area contributed by atoms with Crippen LogP contribution in [0.25, 0.3) is 0 Å². The molecule has 0 aromatic heterocycles. The minimum atomic E-state index is 0.207. The van der Waals surface area contributed by atoms with Gasteiger partial charge in [0.25, 0.3) is 0 Å². The Morgan fingerprint density at radius 1 is 1.50 bits per heavy atom. The molecule has 0 aromatic carbocycles. The second-order valence-electron chi connectivity index (χ2n) is 3.51. The van der Waals surface area contributed by atoms with Gasteiger partial charge in [-0.25, -0.2) is 0 Å². The largest absolute Gasteiger partial charge is 0.383 e. The average Bonchev–Trinajstić information content (AvgIpc) is 2.06. The maximum Gasteiger partial charge on any atom is 0.0613 e. The highest BCUT2D eigenvalue weighted by atomic mass is 16.5. The first kappa shape index (κ1) is 9.96. The summed E-state index contributed by atoms with van der Waals surface area (Å²) in [6, 6.07) is 0.207. The first-order valence-electron chi connectivity index (χ1n) is 4.65. The van der Waals surface area contributed by atoms with Crippen molar-refractivity contribution in [3.05, 3.63) is 0 Å². The van der Waals surface area contributed by atoms with Crippen LogP contribution in [-0.4, -0.2) is 33.0 Å². The number of hydrogen-bond donors (Lipinski definition) is 1. The molecule has 0 saturated carbocycles. The first-order valence-corrected chi connectivity index (χ1v) is 4.65. The predicted octanol–water partition coefficient (Wildman–Crippen LogP) is 0.777. The van der Waals surface area contributed by atoms with Gasteiger partial charge in [-0.05, 0) is 25.2 Å². The Hall–Kier alpha value is -0.120. The fourth-order valence-electron chi connectivity index (χ4n) is 1.69. The van der Waals surface area contributed by atoms with Crippen LogP contribution in [0, 0.1) is 5.92 Å². The lowest BCUT2D eigenvalue weighted by atomic mass is 9.93. The highest BCUT2D eigenvalue weighted by Gasteiger charge is 2.16. The number of methoxy groups -OCH3 is 1. The average molecular weight is 173 g/mol. The van der Waals surface area contributed by atoms with Gasteiger partial charge in [-0.3, -0.25) is 0 Å². The lowest BCUT2D eigenvalue weighted by Crippen LogP contribution is -2.30. The molecule has 72 valence electrons. The molecule has 3 heteroatoms. The minimum Gasteiger partial charge on any atom is -0.383 e. The monoisotopic (exact) mass is 173 g/mol. The summed E-state index contributed by atoms with van der Waals surface area (Å²) in [5.74, 6) is 0.754. The molecule has 1 aliphatic rings. The van der Waals surface area contributed by atoms with E-state index >= 15 is 0 Å². The van der Waals surface area contributed by atoms with Crippen molar-refractivity contribution in [1.29, 1.82) is 0 Å². The number of rotatable bonds is 4. The third kappa shape index (κ3) is 3.52. The van der Waals surface area contributed by atoms with Crippen LogP contribution in [0.3, 0.4) is 0 Å². The molecule has 1 unspecified atom stereocenters. The van der Waals surface area contributed by atoms with Gasteiger partial charge in [-0.15, -0.1) is 0 Å². The molecular weight excluding hydrogens is 154 g/mol. The van der Waals surface area contributed by atoms with E-state index in [1.54, 1.807) is 7.11 Å². The fourth-order valence-corrected chi connectivity index (χ4v) is 1.69. The molecule has 0 radical (unpaired) electrons. The minimum absolute atomic E-state index is 0.207. The molecule has 1 saturated heterocycles. The highest BCUT2D eigenvalue weighted by molar-refractivity contribution is 4.70. The van der Waals surface area contributed by atoms with Crippen molar-refractivity contribution >= 4 is 0 Å². The van der Waals surface area contributed by atoms with Crippen LogP contribution in [-0.2, 0) is 9.47 Å². The second kappa shape index (κ2) is 5.51. The zero-order valence-electron chi connectivity index (χ0n) is 7.79. The predicted molar refractivity (Wildman–Crippen MR) is 48.0 cm³/mol. The molecule has 0 amide bonds. The van der Waals surface area contributed by atoms with E-state index in [9.17, 15) is 0 Å². The Morgan fingerprint density at radius 3 is 2.75 bits per heavy atom. The molecule has 1 fully saturated rings. The third-order valence-corrected chi connectivity index (χ3v) is 2.36. The van der Waals surface area contributed by atoms with Gasteiger partial charge < -0.3 is 15.2 Å². The molecule has 0 bridgehead atoms. The second-order valence-corrected chi connectivity index (χ2v) is 3.51. The van der Waals surface area contributed by atoms with Crippen LogP contribution >= 0.6 is 0 Å². The summed E-state index contributed by atoms with van der Waals surface area (Å²) in [7, 11) is 1.70. The summed E-state index contributed by atoms with van der Waals surface area (Å²) in [6.07, 6.45) is 3.41. The van der Waals surface area contributed by atoms with Crippen molar-refractivity contribution in [3.63, 3.8) is 0 Å². The van der Waals surface area contributed by atoms with E-state index < -0.39 is 0 Å². The van der Waals surface area contributed by atoms with Crippen molar-refractivity contribution in [2.24, 2.45) is 11.7 Å². The summed E-state index contributed by atoms with van der Waals surface area (Å²) in [6.45, 7) is 2.49. The van der Waals surface area contributed by atoms with Crippen molar-refractivity contribution in [3.8, 4) is 0 Å². The van der Waals surface area contributed by atoms with Gasteiger partial charge >= 0.3 is 0 Å². The van der Waals surface area contributed by atoms with Gasteiger partial charge in [0.1, 0.15) is 0 Å². The first-order chi connectivity index (χ1) is 5.83. The van der Waals surface area contributed by atoms with E-state index in [1.807, 2.05) is 0 Å². The number of nitrogens with two attached hydrogens (primary N) is 1. The zero-order valence-corrected chi connectivity index (χ0v) is 7.79. The van der Waals surface area contributed by atoms with Crippen molar-refractivity contribution < 1.29 is 9.47 Å². The molecule has 1 atom stereocenters. The van der Waals surface area contributed by atoms with Crippen molar-refractivity contribution in [2.45, 2.75) is 25.3 Å². The third-order valence-electron chi connectivity index (χ3n) is 2.36. The van der Waals surface area contributed by atoms with Crippen LogP contribution < -0.4 is 5.73 Å². The summed E-state index contributed by atoms with van der Waals surface area (Å²) in [5, 5.41) is 0. The lowest BCUT2D eigenvalue weighted by molar-refractivity contribution is 0.0577. The SMILES string of the molecule is COCC(N)CC1CCOCC1. The lowest BCUT2D eigenvalue weighted by Gasteiger charge is -2.24. The van der Waals surface area contributed by atoms with E-state index in [0.29, 0.717) is 6.61 Å². The van der Waals surface area contributed by atoms with Gasteiger partial charge in [0.2, 0.25) is 0 Å². The highest BCUT2D eigenvalue weighted by Crippen LogP contribution is 2.19. The quantitative estimate of drug-likeness (QED) is 0.683. The summed E-state index contributed by atoms with van der Waals surface area (Å²) in [5.41, 5.74) is 5.85. The maximum atomic E-state index is 5.85. The normalized spacial score (nSPS) is 22.5. The fraction of sp³-hybridized carbons (Fsp3) is 1.00. The smallest absolute Gasteiger partial charge is 0.0613 e. The molecule has 1 heterocycles. The summed E-state index contributed by atoms with van der Waals surface area (Å²) < 4.78 is 10.3. The van der Waals surface area contributed by atoms with Gasteiger partial charge in [-0.1, -0.05) is 0 Å². The van der Waals surface area contributed by atoms with Crippen LogP contribution in [0.2, 0.25) is 0 Å². The van der Waals surface area contributed by atoms with Gasteiger partial charge in [0.05, 0.1) is 6.61 Å². The maximum absolute atomic E-state index is 5.85.